The topological polar surface area (TPSA) is 46.6 Å². The van der Waals surface area contributed by atoms with E-state index in [1.54, 1.807) is 17.9 Å². The molecule has 0 aromatic heterocycles. The fraction of sp³-hybridized carbons (Fsp3) is 0.467. The van der Waals surface area contributed by atoms with Crippen LogP contribution in [0.15, 0.2) is 28.7 Å². The standard InChI is InChI=1S/C15H18BrNO3/c1-2-20-15(19)11-6-5-9-17(10-11)14(18)12-7-3-4-8-13(12)16/h3-4,7-8,11H,2,5-6,9-10H2,1H3/t11-/m0/s1. The predicted molar refractivity (Wildman–Crippen MR) is 79.4 cm³/mol. The van der Waals surface area contributed by atoms with Crippen molar-refractivity contribution in [3.63, 3.8) is 0 Å². The van der Waals surface area contributed by atoms with Crippen molar-refractivity contribution in [2.75, 3.05) is 19.7 Å². The summed E-state index contributed by atoms with van der Waals surface area (Å²) in [6, 6.07) is 7.35. The van der Waals surface area contributed by atoms with Gasteiger partial charge in [0, 0.05) is 17.6 Å². The van der Waals surface area contributed by atoms with Crippen LogP contribution in [-0.2, 0) is 9.53 Å². The van der Waals surface area contributed by atoms with E-state index in [9.17, 15) is 9.59 Å². The molecule has 108 valence electrons. The van der Waals surface area contributed by atoms with Crippen LogP contribution < -0.4 is 0 Å². The molecule has 1 aromatic carbocycles. The van der Waals surface area contributed by atoms with E-state index in [1.807, 2.05) is 18.2 Å². The lowest BCUT2D eigenvalue weighted by atomic mass is 9.97. The molecule has 0 bridgehead atoms. The summed E-state index contributed by atoms with van der Waals surface area (Å²) in [4.78, 5) is 26.0. The molecule has 1 saturated heterocycles. The number of amides is 1. The largest absolute Gasteiger partial charge is 0.466 e. The van der Waals surface area contributed by atoms with E-state index in [0.29, 0.717) is 25.3 Å². The van der Waals surface area contributed by atoms with Crippen molar-refractivity contribution in [2.24, 2.45) is 5.92 Å². The van der Waals surface area contributed by atoms with Crippen molar-refractivity contribution >= 4 is 27.8 Å². The number of hydrogen-bond acceptors (Lipinski definition) is 3. The van der Waals surface area contributed by atoms with E-state index in [1.165, 1.54) is 0 Å². The molecule has 0 aliphatic carbocycles. The first-order chi connectivity index (χ1) is 9.63. The average molecular weight is 340 g/mol. The maximum absolute atomic E-state index is 12.5. The molecule has 1 atom stereocenters. The summed E-state index contributed by atoms with van der Waals surface area (Å²) >= 11 is 3.39. The molecule has 4 nitrogen and oxygen atoms in total. The lowest BCUT2D eigenvalue weighted by Gasteiger charge is -2.31. The Bertz CT molecular complexity index is 504. The van der Waals surface area contributed by atoms with E-state index in [4.69, 9.17) is 4.74 Å². The van der Waals surface area contributed by atoms with Gasteiger partial charge in [-0.2, -0.15) is 0 Å². The number of likely N-dealkylation sites (tertiary alicyclic amines) is 1. The van der Waals surface area contributed by atoms with E-state index in [2.05, 4.69) is 15.9 Å². The van der Waals surface area contributed by atoms with Gasteiger partial charge >= 0.3 is 5.97 Å². The van der Waals surface area contributed by atoms with Crippen molar-refractivity contribution in [3.05, 3.63) is 34.3 Å². The first-order valence-corrected chi connectivity index (χ1v) is 7.63. The van der Waals surface area contributed by atoms with Crippen molar-refractivity contribution in [2.45, 2.75) is 19.8 Å². The van der Waals surface area contributed by atoms with Crippen LogP contribution in [0.1, 0.15) is 30.1 Å². The van der Waals surface area contributed by atoms with Crippen LogP contribution in [0.5, 0.6) is 0 Å². The molecule has 0 radical (unpaired) electrons. The molecule has 0 N–H and O–H groups in total. The summed E-state index contributed by atoms with van der Waals surface area (Å²) in [5, 5.41) is 0. The Balaban J connectivity index is 2.07. The molecule has 5 heteroatoms. The number of carbonyl (C=O) groups excluding carboxylic acids is 2. The smallest absolute Gasteiger partial charge is 0.310 e. The Hall–Kier alpha value is -1.36. The van der Waals surface area contributed by atoms with Crippen LogP contribution in [0.25, 0.3) is 0 Å². The quantitative estimate of drug-likeness (QED) is 0.795. The number of hydrogen-bond donors (Lipinski definition) is 0. The van der Waals surface area contributed by atoms with Gasteiger partial charge in [0.25, 0.3) is 5.91 Å². The highest BCUT2D eigenvalue weighted by Crippen LogP contribution is 2.23. The summed E-state index contributed by atoms with van der Waals surface area (Å²) < 4.78 is 5.83. The molecule has 1 heterocycles. The summed E-state index contributed by atoms with van der Waals surface area (Å²) in [5.74, 6) is -0.432. The second-order valence-corrected chi connectivity index (χ2v) is 5.68. The van der Waals surface area contributed by atoms with Crippen molar-refractivity contribution in [3.8, 4) is 0 Å². The number of nitrogens with zero attached hydrogens (tertiary/aromatic N) is 1. The van der Waals surface area contributed by atoms with Crippen molar-refractivity contribution in [1.29, 1.82) is 0 Å². The summed E-state index contributed by atoms with van der Waals surface area (Å²) in [6.07, 6.45) is 1.62. The van der Waals surface area contributed by atoms with Gasteiger partial charge in [0.05, 0.1) is 18.1 Å². The van der Waals surface area contributed by atoms with E-state index in [0.717, 1.165) is 17.3 Å². The maximum Gasteiger partial charge on any atom is 0.310 e. The number of benzene rings is 1. The average Bonchev–Trinajstić information content (AvgIpc) is 2.47. The van der Waals surface area contributed by atoms with Gasteiger partial charge in [-0.15, -0.1) is 0 Å². The first kappa shape index (κ1) is 15.0. The Kier molecular flexibility index (Phi) is 5.17. The minimum absolute atomic E-state index is 0.0357. The highest BCUT2D eigenvalue weighted by atomic mass is 79.9. The number of rotatable bonds is 3. The third-order valence-electron chi connectivity index (χ3n) is 3.43. The minimum Gasteiger partial charge on any atom is -0.466 e. The highest BCUT2D eigenvalue weighted by molar-refractivity contribution is 9.10. The molecule has 2 rings (SSSR count). The van der Waals surface area contributed by atoms with Crippen LogP contribution in [0.2, 0.25) is 0 Å². The molecular weight excluding hydrogens is 322 g/mol. The Morgan fingerprint density at radius 3 is 2.85 bits per heavy atom. The minimum atomic E-state index is -0.199. The lowest BCUT2D eigenvalue weighted by molar-refractivity contribution is -0.149. The van der Waals surface area contributed by atoms with Crippen LogP contribution in [0, 0.1) is 5.92 Å². The third kappa shape index (κ3) is 3.39. The number of piperidine rings is 1. The Morgan fingerprint density at radius 2 is 2.15 bits per heavy atom. The highest BCUT2D eigenvalue weighted by Gasteiger charge is 2.30. The van der Waals surface area contributed by atoms with Gasteiger partial charge in [-0.25, -0.2) is 0 Å². The zero-order valence-corrected chi connectivity index (χ0v) is 13.1. The van der Waals surface area contributed by atoms with Gasteiger partial charge in [-0.3, -0.25) is 9.59 Å². The second-order valence-electron chi connectivity index (χ2n) is 4.82. The second kappa shape index (κ2) is 6.88. The van der Waals surface area contributed by atoms with Crippen LogP contribution in [-0.4, -0.2) is 36.5 Å². The summed E-state index contributed by atoms with van der Waals surface area (Å²) in [6.45, 7) is 3.31. The normalized spacial score (nSPS) is 18.7. The lowest BCUT2D eigenvalue weighted by Crippen LogP contribution is -2.42. The number of ether oxygens (including phenoxy) is 1. The fourth-order valence-electron chi connectivity index (χ4n) is 2.42. The molecule has 0 spiro atoms. The van der Waals surface area contributed by atoms with Crippen LogP contribution in [0.4, 0.5) is 0 Å². The summed E-state index contributed by atoms with van der Waals surface area (Å²) in [7, 11) is 0. The molecule has 1 aromatic rings. The molecule has 1 fully saturated rings. The number of esters is 1. The van der Waals surface area contributed by atoms with Gasteiger partial charge in [-0.1, -0.05) is 12.1 Å². The molecule has 20 heavy (non-hydrogen) atoms. The Morgan fingerprint density at radius 1 is 1.40 bits per heavy atom. The van der Waals surface area contributed by atoms with E-state index < -0.39 is 0 Å². The zero-order chi connectivity index (χ0) is 14.5. The van der Waals surface area contributed by atoms with Gasteiger partial charge in [0.2, 0.25) is 0 Å². The molecule has 0 unspecified atom stereocenters. The molecule has 0 saturated carbocycles. The number of carbonyl (C=O) groups is 2. The molecule has 1 amide bonds. The van der Waals surface area contributed by atoms with Crippen molar-refractivity contribution in [1.82, 2.24) is 4.90 Å². The Labute approximate surface area is 127 Å². The maximum atomic E-state index is 12.5. The van der Waals surface area contributed by atoms with E-state index >= 15 is 0 Å². The van der Waals surface area contributed by atoms with Crippen molar-refractivity contribution < 1.29 is 14.3 Å². The fourth-order valence-corrected chi connectivity index (χ4v) is 2.87. The van der Waals surface area contributed by atoms with Crippen LogP contribution in [0.3, 0.4) is 0 Å². The number of halogens is 1. The summed E-state index contributed by atoms with van der Waals surface area (Å²) in [5.41, 5.74) is 0.636. The third-order valence-corrected chi connectivity index (χ3v) is 4.12. The SMILES string of the molecule is CCOC(=O)[C@H]1CCCN(C(=O)c2ccccc2Br)C1. The van der Waals surface area contributed by atoms with Gasteiger partial charge in [0.15, 0.2) is 0 Å². The monoisotopic (exact) mass is 339 g/mol. The zero-order valence-electron chi connectivity index (χ0n) is 11.5. The van der Waals surface area contributed by atoms with Crippen LogP contribution >= 0.6 is 15.9 Å². The van der Waals surface area contributed by atoms with Gasteiger partial charge < -0.3 is 9.64 Å². The van der Waals surface area contributed by atoms with Gasteiger partial charge in [0.1, 0.15) is 0 Å². The molecule has 1 aliphatic heterocycles. The molecular formula is C15H18BrNO3. The van der Waals surface area contributed by atoms with Gasteiger partial charge in [-0.05, 0) is 47.8 Å². The first-order valence-electron chi connectivity index (χ1n) is 6.84. The molecule has 1 aliphatic rings. The van der Waals surface area contributed by atoms with E-state index in [-0.39, 0.29) is 17.8 Å². The predicted octanol–water partition coefficient (Wildman–Crippen LogP) is 2.86.